The minimum atomic E-state index is 0.551. The summed E-state index contributed by atoms with van der Waals surface area (Å²) >= 11 is 0. The highest BCUT2D eigenvalue weighted by molar-refractivity contribution is 5.97. The summed E-state index contributed by atoms with van der Waals surface area (Å²) in [4.78, 5) is 12.2. The highest BCUT2D eigenvalue weighted by atomic mass is 16.5. The highest BCUT2D eigenvalue weighted by Gasteiger charge is 2.12. The SMILES string of the molecule is CNc1cc(C)nc(Nc2ccc(OC)c(-c3cccc4[nH]ccc34)c2)n1. The number of H-pyrrole nitrogens is 1. The Kier molecular flexibility index (Phi) is 4.38. The molecule has 0 saturated carbocycles. The van der Waals surface area contributed by atoms with Crippen LogP contribution in [0.5, 0.6) is 5.75 Å². The average molecular weight is 359 g/mol. The maximum Gasteiger partial charge on any atom is 0.229 e. The predicted molar refractivity (Wildman–Crippen MR) is 110 cm³/mol. The number of benzene rings is 2. The van der Waals surface area contributed by atoms with E-state index in [1.807, 2.05) is 44.4 Å². The number of ether oxygens (including phenoxy) is 1. The lowest BCUT2D eigenvalue weighted by atomic mass is 10.00. The molecule has 0 spiro atoms. The van der Waals surface area contributed by atoms with Crippen LogP contribution in [0.2, 0.25) is 0 Å². The molecule has 0 aliphatic rings. The molecule has 2 heterocycles. The van der Waals surface area contributed by atoms with Gasteiger partial charge in [-0.25, -0.2) is 4.98 Å². The number of fused-ring (bicyclic) bond motifs is 1. The molecular formula is C21H21N5O. The molecule has 27 heavy (non-hydrogen) atoms. The molecule has 0 aliphatic heterocycles. The first-order valence-corrected chi connectivity index (χ1v) is 8.73. The molecule has 4 aromatic rings. The van der Waals surface area contributed by atoms with E-state index < -0.39 is 0 Å². The highest BCUT2D eigenvalue weighted by Crippen LogP contribution is 2.37. The number of aromatic amines is 1. The first kappa shape index (κ1) is 16.9. The second kappa shape index (κ2) is 6.99. The molecule has 2 aromatic heterocycles. The van der Waals surface area contributed by atoms with Crippen molar-refractivity contribution in [3.8, 4) is 16.9 Å². The second-order valence-corrected chi connectivity index (χ2v) is 6.25. The van der Waals surface area contributed by atoms with Gasteiger partial charge in [0.1, 0.15) is 11.6 Å². The zero-order valence-electron chi connectivity index (χ0n) is 15.5. The van der Waals surface area contributed by atoms with Crippen LogP contribution in [-0.4, -0.2) is 29.1 Å². The lowest BCUT2D eigenvalue weighted by Crippen LogP contribution is -2.02. The molecule has 4 rings (SSSR count). The first-order valence-electron chi connectivity index (χ1n) is 8.73. The standard InChI is InChI=1S/C21H21N5O/c1-13-11-20(22-2)26-21(24-13)25-14-7-8-19(27-3)17(12-14)15-5-4-6-18-16(15)9-10-23-18/h4-12,23H,1-3H3,(H2,22,24,25,26). The molecule has 3 N–H and O–H groups in total. The van der Waals surface area contributed by atoms with Crippen LogP contribution in [-0.2, 0) is 0 Å². The lowest BCUT2D eigenvalue weighted by Gasteiger charge is -2.13. The molecule has 0 unspecified atom stereocenters. The quantitative estimate of drug-likeness (QED) is 0.480. The Balaban J connectivity index is 1.78. The fourth-order valence-corrected chi connectivity index (χ4v) is 3.20. The Hall–Kier alpha value is -3.54. The number of rotatable bonds is 5. The molecule has 0 saturated heterocycles. The maximum atomic E-state index is 5.61. The number of methoxy groups -OCH3 is 1. The summed E-state index contributed by atoms with van der Waals surface area (Å²) in [5.41, 5.74) is 4.99. The van der Waals surface area contributed by atoms with Crippen molar-refractivity contribution in [3.63, 3.8) is 0 Å². The van der Waals surface area contributed by atoms with Crippen molar-refractivity contribution >= 4 is 28.4 Å². The summed E-state index contributed by atoms with van der Waals surface area (Å²) < 4.78 is 5.61. The molecule has 0 atom stereocenters. The van der Waals surface area contributed by atoms with Gasteiger partial charge in [0.2, 0.25) is 5.95 Å². The van der Waals surface area contributed by atoms with E-state index in [-0.39, 0.29) is 0 Å². The summed E-state index contributed by atoms with van der Waals surface area (Å²) in [6.45, 7) is 1.94. The minimum absolute atomic E-state index is 0.551. The molecule has 0 amide bonds. The van der Waals surface area contributed by atoms with E-state index in [4.69, 9.17) is 4.74 Å². The van der Waals surface area contributed by atoms with Crippen molar-refractivity contribution < 1.29 is 4.74 Å². The van der Waals surface area contributed by atoms with Crippen molar-refractivity contribution in [1.29, 1.82) is 0 Å². The molecule has 2 aromatic carbocycles. The van der Waals surface area contributed by atoms with Gasteiger partial charge in [-0.05, 0) is 42.8 Å². The molecule has 6 heteroatoms. The van der Waals surface area contributed by atoms with Gasteiger partial charge in [0.25, 0.3) is 0 Å². The van der Waals surface area contributed by atoms with E-state index in [0.29, 0.717) is 5.95 Å². The lowest BCUT2D eigenvalue weighted by molar-refractivity contribution is 0.416. The first-order chi connectivity index (χ1) is 13.2. The van der Waals surface area contributed by atoms with Crippen LogP contribution in [0.3, 0.4) is 0 Å². The van der Waals surface area contributed by atoms with Crippen molar-refractivity contribution in [3.05, 3.63) is 60.4 Å². The Morgan fingerprint density at radius 3 is 2.70 bits per heavy atom. The fourth-order valence-electron chi connectivity index (χ4n) is 3.20. The molecular weight excluding hydrogens is 338 g/mol. The van der Waals surface area contributed by atoms with Gasteiger partial charge in [0.05, 0.1) is 7.11 Å². The van der Waals surface area contributed by atoms with Crippen LogP contribution < -0.4 is 15.4 Å². The van der Waals surface area contributed by atoms with Gasteiger partial charge in [0.15, 0.2) is 0 Å². The summed E-state index contributed by atoms with van der Waals surface area (Å²) in [7, 11) is 3.53. The number of aromatic nitrogens is 3. The third kappa shape index (κ3) is 3.29. The van der Waals surface area contributed by atoms with Gasteiger partial charge < -0.3 is 20.4 Å². The van der Waals surface area contributed by atoms with E-state index >= 15 is 0 Å². The smallest absolute Gasteiger partial charge is 0.229 e. The Morgan fingerprint density at radius 2 is 1.89 bits per heavy atom. The zero-order valence-corrected chi connectivity index (χ0v) is 15.5. The normalized spacial score (nSPS) is 10.8. The number of nitrogens with one attached hydrogen (secondary N) is 3. The van der Waals surface area contributed by atoms with Crippen LogP contribution in [0.15, 0.2) is 54.7 Å². The number of hydrogen-bond donors (Lipinski definition) is 3. The zero-order chi connectivity index (χ0) is 18.8. The van der Waals surface area contributed by atoms with Crippen LogP contribution in [0.1, 0.15) is 5.69 Å². The summed E-state index contributed by atoms with van der Waals surface area (Å²) in [5.74, 6) is 2.14. The van der Waals surface area contributed by atoms with Crippen LogP contribution >= 0.6 is 0 Å². The number of nitrogens with zero attached hydrogens (tertiary/aromatic N) is 2. The molecule has 0 radical (unpaired) electrons. The number of aryl methyl sites for hydroxylation is 1. The monoisotopic (exact) mass is 359 g/mol. The largest absolute Gasteiger partial charge is 0.496 e. The van der Waals surface area contributed by atoms with E-state index in [1.54, 1.807) is 7.11 Å². The number of anilines is 3. The third-order valence-electron chi connectivity index (χ3n) is 4.45. The molecule has 6 nitrogen and oxygen atoms in total. The topological polar surface area (TPSA) is 74.9 Å². The Morgan fingerprint density at radius 1 is 1.00 bits per heavy atom. The fraction of sp³-hybridized carbons (Fsp3) is 0.143. The summed E-state index contributed by atoms with van der Waals surface area (Å²) in [6, 6.07) is 16.2. The van der Waals surface area contributed by atoms with Crippen LogP contribution in [0.25, 0.3) is 22.0 Å². The van der Waals surface area contributed by atoms with Crippen molar-refractivity contribution in [2.24, 2.45) is 0 Å². The Labute approximate surface area is 157 Å². The molecule has 136 valence electrons. The van der Waals surface area contributed by atoms with E-state index in [9.17, 15) is 0 Å². The third-order valence-corrected chi connectivity index (χ3v) is 4.45. The van der Waals surface area contributed by atoms with E-state index in [2.05, 4.69) is 49.9 Å². The van der Waals surface area contributed by atoms with Crippen LogP contribution in [0.4, 0.5) is 17.5 Å². The van der Waals surface area contributed by atoms with Crippen molar-refractivity contribution in [1.82, 2.24) is 15.0 Å². The predicted octanol–water partition coefficient (Wildman–Crippen LogP) is 4.73. The molecule has 0 fully saturated rings. The molecule has 0 aliphatic carbocycles. The van der Waals surface area contributed by atoms with Gasteiger partial charge in [-0.15, -0.1) is 0 Å². The van der Waals surface area contributed by atoms with E-state index in [1.165, 1.54) is 0 Å². The number of hydrogen-bond acceptors (Lipinski definition) is 5. The molecule has 0 bridgehead atoms. The van der Waals surface area contributed by atoms with Gasteiger partial charge in [-0.3, -0.25) is 0 Å². The van der Waals surface area contributed by atoms with Crippen LogP contribution in [0, 0.1) is 6.92 Å². The van der Waals surface area contributed by atoms with Gasteiger partial charge in [0, 0.05) is 47.2 Å². The maximum absolute atomic E-state index is 5.61. The average Bonchev–Trinajstić information content (AvgIpc) is 3.16. The summed E-state index contributed by atoms with van der Waals surface area (Å²) in [5, 5.41) is 7.50. The Bertz CT molecular complexity index is 1100. The van der Waals surface area contributed by atoms with Gasteiger partial charge in [-0.2, -0.15) is 4.98 Å². The van der Waals surface area contributed by atoms with Gasteiger partial charge >= 0.3 is 0 Å². The van der Waals surface area contributed by atoms with Crippen molar-refractivity contribution in [2.45, 2.75) is 6.92 Å². The minimum Gasteiger partial charge on any atom is -0.496 e. The second-order valence-electron chi connectivity index (χ2n) is 6.25. The van der Waals surface area contributed by atoms with Crippen molar-refractivity contribution in [2.75, 3.05) is 24.8 Å². The summed E-state index contributed by atoms with van der Waals surface area (Å²) in [6.07, 6.45) is 1.95. The van der Waals surface area contributed by atoms with E-state index in [0.717, 1.165) is 45.0 Å². The van der Waals surface area contributed by atoms with Gasteiger partial charge in [-0.1, -0.05) is 12.1 Å².